The van der Waals surface area contributed by atoms with Gasteiger partial charge in [0.2, 0.25) is 5.91 Å². The Balaban J connectivity index is 1.46. The third-order valence-corrected chi connectivity index (χ3v) is 5.26. The zero-order chi connectivity index (χ0) is 19.6. The average Bonchev–Trinajstić information content (AvgIpc) is 3.06. The van der Waals surface area contributed by atoms with Crippen molar-refractivity contribution in [3.63, 3.8) is 0 Å². The van der Waals surface area contributed by atoms with Gasteiger partial charge in [-0.3, -0.25) is 14.4 Å². The molecule has 0 aliphatic heterocycles. The number of benzene rings is 1. The first-order chi connectivity index (χ1) is 12.9. The lowest BCUT2D eigenvalue weighted by Crippen LogP contribution is -2.47. The van der Waals surface area contributed by atoms with Gasteiger partial charge in [-0.05, 0) is 30.9 Å². The van der Waals surface area contributed by atoms with Crippen LogP contribution in [0.4, 0.5) is 4.39 Å². The van der Waals surface area contributed by atoms with E-state index in [-0.39, 0.29) is 34.6 Å². The number of halogens is 1. The summed E-state index contributed by atoms with van der Waals surface area (Å²) in [4.78, 5) is 35.5. The predicted molar refractivity (Wildman–Crippen MR) is 97.2 cm³/mol. The van der Waals surface area contributed by atoms with Crippen molar-refractivity contribution in [2.24, 2.45) is 11.7 Å². The van der Waals surface area contributed by atoms with Crippen LogP contribution in [0, 0.1) is 11.7 Å². The molecular weight excluding hydrogens is 373 g/mol. The highest BCUT2D eigenvalue weighted by Gasteiger charge is 2.32. The van der Waals surface area contributed by atoms with E-state index in [0.29, 0.717) is 19.4 Å². The van der Waals surface area contributed by atoms with E-state index in [1.165, 1.54) is 28.8 Å². The van der Waals surface area contributed by atoms with Crippen molar-refractivity contribution < 1.29 is 23.9 Å². The van der Waals surface area contributed by atoms with Crippen molar-refractivity contribution in [1.82, 2.24) is 10.6 Å². The fourth-order valence-electron chi connectivity index (χ4n) is 3.01. The predicted octanol–water partition coefficient (Wildman–Crippen LogP) is 1.63. The van der Waals surface area contributed by atoms with Gasteiger partial charge in [0.15, 0.2) is 0 Å². The minimum absolute atomic E-state index is 0.152. The van der Waals surface area contributed by atoms with E-state index >= 15 is 0 Å². The normalized spacial score (nSPS) is 18.4. The summed E-state index contributed by atoms with van der Waals surface area (Å²) in [5.41, 5.74) is 5.31. The average molecular weight is 391 g/mol. The Bertz CT molecular complexity index is 872. The summed E-state index contributed by atoms with van der Waals surface area (Å²) in [6.07, 6.45) is 1.24. The second-order valence-electron chi connectivity index (χ2n) is 6.42. The Hall–Kier alpha value is -2.94. The van der Waals surface area contributed by atoms with Crippen molar-refractivity contribution >= 4 is 29.1 Å². The van der Waals surface area contributed by atoms with Gasteiger partial charge in [-0.25, -0.2) is 4.39 Å². The first-order valence-electron chi connectivity index (χ1n) is 8.29. The molecule has 3 rings (SSSR count). The number of amides is 3. The summed E-state index contributed by atoms with van der Waals surface area (Å²) in [6, 6.07) is 3.53. The molecule has 0 atom stereocenters. The molecule has 2 aromatic rings. The first-order valence-corrected chi connectivity index (χ1v) is 9.23. The van der Waals surface area contributed by atoms with E-state index < -0.39 is 23.4 Å². The maximum atomic E-state index is 13.7. The van der Waals surface area contributed by atoms with Crippen LogP contribution in [0.2, 0.25) is 0 Å². The lowest BCUT2D eigenvalue weighted by molar-refractivity contribution is 0.0857. The van der Waals surface area contributed by atoms with Gasteiger partial charge in [-0.15, -0.1) is 0 Å². The molecule has 5 N–H and O–H groups in total. The number of rotatable bonds is 6. The molecule has 1 heterocycles. The van der Waals surface area contributed by atoms with E-state index in [0.717, 1.165) is 6.07 Å². The lowest BCUT2D eigenvalue weighted by Gasteiger charge is -2.36. The first kappa shape index (κ1) is 18.8. The van der Waals surface area contributed by atoms with Gasteiger partial charge in [0, 0.05) is 23.3 Å². The number of thiophene rings is 1. The quantitative estimate of drug-likeness (QED) is 0.598. The number of aromatic hydroxyl groups is 1. The fraction of sp³-hybridized carbons (Fsp3) is 0.278. The van der Waals surface area contributed by atoms with Crippen molar-refractivity contribution in [2.45, 2.75) is 18.9 Å². The number of phenols is 1. The number of carbonyl (C=O) groups is 3. The number of carbonyl (C=O) groups excluding carboxylic acids is 3. The molecule has 1 aliphatic carbocycles. The molecule has 27 heavy (non-hydrogen) atoms. The summed E-state index contributed by atoms with van der Waals surface area (Å²) in [5.74, 6) is -2.71. The van der Waals surface area contributed by atoms with Gasteiger partial charge in [-0.2, -0.15) is 11.3 Å². The zero-order valence-corrected chi connectivity index (χ0v) is 15.0. The molecule has 142 valence electrons. The molecule has 0 unspecified atom stereocenters. The Morgan fingerprint density at radius 3 is 2.56 bits per heavy atom. The highest BCUT2D eigenvalue weighted by atomic mass is 32.1. The van der Waals surface area contributed by atoms with Crippen molar-refractivity contribution in [3.05, 3.63) is 51.5 Å². The standard InChI is InChI=1S/C18H18FN3O4S/c19-13-2-1-3-14(23)15(13)18(26)22-10-4-9(5-10)6-21-17(25)12-8-27-7-11(12)16(20)24/h1-3,7-10,23H,4-6H2,(H2,20,24)(H,21,25)(H,22,26). The second-order valence-corrected chi connectivity index (χ2v) is 7.16. The van der Waals surface area contributed by atoms with Gasteiger partial charge < -0.3 is 21.5 Å². The fourth-order valence-corrected chi connectivity index (χ4v) is 3.83. The maximum absolute atomic E-state index is 13.7. The summed E-state index contributed by atoms with van der Waals surface area (Å²) < 4.78 is 13.7. The summed E-state index contributed by atoms with van der Waals surface area (Å²) in [6.45, 7) is 0.393. The summed E-state index contributed by atoms with van der Waals surface area (Å²) in [7, 11) is 0. The molecule has 0 bridgehead atoms. The van der Waals surface area contributed by atoms with Crippen LogP contribution in [0.1, 0.15) is 43.9 Å². The van der Waals surface area contributed by atoms with Gasteiger partial charge in [0.25, 0.3) is 11.8 Å². The van der Waals surface area contributed by atoms with Crippen LogP contribution in [0.25, 0.3) is 0 Å². The van der Waals surface area contributed by atoms with E-state index in [1.807, 2.05) is 0 Å². The molecule has 1 aromatic carbocycles. The molecule has 3 amide bonds. The number of phenolic OH excluding ortho intramolecular Hbond substituents is 1. The molecule has 0 radical (unpaired) electrons. The minimum atomic E-state index is -0.781. The van der Waals surface area contributed by atoms with Crippen LogP contribution in [0.3, 0.4) is 0 Å². The van der Waals surface area contributed by atoms with E-state index in [1.54, 1.807) is 5.38 Å². The second kappa shape index (κ2) is 7.75. The number of nitrogens with one attached hydrogen (secondary N) is 2. The SMILES string of the molecule is NC(=O)c1cscc1C(=O)NCC1CC(NC(=O)c2c(O)cccc2F)C1. The Labute approximate surface area is 158 Å². The van der Waals surface area contributed by atoms with Gasteiger partial charge in [0.1, 0.15) is 17.1 Å². The molecule has 0 spiro atoms. The van der Waals surface area contributed by atoms with Crippen LogP contribution in [0.15, 0.2) is 29.0 Å². The third-order valence-electron chi connectivity index (χ3n) is 4.51. The van der Waals surface area contributed by atoms with Crippen LogP contribution in [0.5, 0.6) is 5.75 Å². The van der Waals surface area contributed by atoms with Crippen LogP contribution >= 0.6 is 11.3 Å². The molecule has 1 aliphatic rings. The zero-order valence-electron chi connectivity index (χ0n) is 14.2. The van der Waals surface area contributed by atoms with E-state index in [4.69, 9.17) is 5.73 Å². The van der Waals surface area contributed by atoms with Crippen molar-refractivity contribution in [2.75, 3.05) is 6.54 Å². The number of hydrogen-bond donors (Lipinski definition) is 4. The molecule has 1 fully saturated rings. The van der Waals surface area contributed by atoms with Crippen LogP contribution < -0.4 is 16.4 Å². The number of hydrogen-bond acceptors (Lipinski definition) is 5. The molecule has 1 aromatic heterocycles. The topological polar surface area (TPSA) is 122 Å². The van der Waals surface area contributed by atoms with Crippen LogP contribution in [-0.4, -0.2) is 35.4 Å². The minimum Gasteiger partial charge on any atom is -0.507 e. The Morgan fingerprint density at radius 1 is 1.19 bits per heavy atom. The van der Waals surface area contributed by atoms with Gasteiger partial charge in [-0.1, -0.05) is 6.07 Å². The molecule has 1 saturated carbocycles. The third kappa shape index (κ3) is 4.08. The molecule has 7 nitrogen and oxygen atoms in total. The van der Waals surface area contributed by atoms with Crippen molar-refractivity contribution in [1.29, 1.82) is 0 Å². The summed E-state index contributed by atoms with van der Waals surface area (Å²) in [5, 5.41) is 18.2. The summed E-state index contributed by atoms with van der Waals surface area (Å²) >= 11 is 1.22. The highest BCUT2D eigenvalue weighted by molar-refractivity contribution is 7.08. The van der Waals surface area contributed by atoms with E-state index in [2.05, 4.69) is 10.6 Å². The highest BCUT2D eigenvalue weighted by Crippen LogP contribution is 2.28. The largest absolute Gasteiger partial charge is 0.507 e. The maximum Gasteiger partial charge on any atom is 0.258 e. The van der Waals surface area contributed by atoms with E-state index in [9.17, 15) is 23.9 Å². The van der Waals surface area contributed by atoms with Crippen LogP contribution in [-0.2, 0) is 0 Å². The molecule has 9 heteroatoms. The monoisotopic (exact) mass is 391 g/mol. The number of primary amides is 1. The lowest BCUT2D eigenvalue weighted by atomic mass is 9.80. The molecular formula is C18H18FN3O4S. The van der Waals surface area contributed by atoms with Gasteiger partial charge >= 0.3 is 0 Å². The Morgan fingerprint density at radius 2 is 1.89 bits per heavy atom. The molecule has 0 saturated heterocycles. The van der Waals surface area contributed by atoms with Gasteiger partial charge in [0.05, 0.1) is 11.1 Å². The Kier molecular flexibility index (Phi) is 5.41. The van der Waals surface area contributed by atoms with Crippen molar-refractivity contribution in [3.8, 4) is 5.75 Å². The smallest absolute Gasteiger partial charge is 0.258 e. The number of nitrogens with two attached hydrogens (primary N) is 1.